The summed E-state index contributed by atoms with van der Waals surface area (Å²) in [6, 6.07) is 4.53. The fourth-order valence-corrected chi connectivity index (χ4v) is 2.01. The minimum Gasteiger partial charge on any atom is -0.367 e. The molecule has 1 aliphatic carbocycles. The van der Waals surface area contributed by atoms with E-state index in [0.29, 0.717) is 17.7 Å². The molecule has 3 heteroatoms. The van der Waals surface area contributed by atoms with Gasteiger partial charge in [0.25, 0.3) is 0 Å². The molecule has 0 amide bonds. The molecule has 1 fully saturated rings. The Hall–Kier alpha value is -1.38. The summed E-state index contributed by atoms with van der Waals surface area (Å²) in [7, 11) is 0. The molecule has 1 heterocycles. The number of hydrogen-bond donors (Lipinski definition) is 0. The van der Waals surface area contributed by atoms with E-state index in [0.717, 1.165) is 12.2 Å². The van der Waals surface area contributed by atoms with Gasteiger partial charge >= 0.3 is 0 Å². The van der Waals surface area contributed by atoms with Crippen LogP contribution < -0.4 is 4.90 Å². The van der Waals surface area contributed by atoms with E-state index in [9.17, 15) is 4.79 Å². The van der Waals surface area contributed by atoms with E-state index in [1.54, 1.807) is 6.92 Å². The monoisotopic (exact) mass is 232 g/mol. The first kappa shape index (κ1) is 12.1. The molecule has 0 unspecified atom stereocenters. The van der Waals surface area contributed by atoms with E-state index in [4.69, 9.17) is 0 Å². The van der Waals surface area contributed by atoms with Crippen molar-refractivity contribution in [1.29, 1.82) is 0 Å². The van der Waals surface area contributed by atoms with Crippen molar-refractivity contribution < 1.29 is 4.79 Å². The fourth-order valence-electron chi connectivity index (χ4n) is 2.01. The Morgan fingerprint density at radius 3 is 2.59 bits per heavy atom. The molecule has 0 atom stereocenters. The molecule has 1 aromatic heterocycles. The van der Waals surface area contributed by atoms with Crippen LogP contribution in [0.4, 0.5) is 5.69 Å². The largest absolute Gasteiger partial charge is 0.367 e. The van der Waals surface area contributed by atoms with Crippen LogP contribution >= 0.6 is 0 Å². The molecule has 0 radical (unpaired) electrons. The molecule has 0 N–H and O–H groups in total. The average molecular weight is 232 g/mol. The predicted octanol–water partition coefficient (Wildman–Crippen LogP) is 2.91. The summed E-state index contributed by atoms with van der Waals surface area (Å²) < 4.78 is 0. The summed E-state index contributed by atoms with van der Waals surface area (Å²) >= 11 is 0. The molecule has 0 saturated heterocycles. The summed E-state index contributed by atoms with van der Waals surface area (Å²) in [5, 5.41) is 0. The molecule has 17 heavy (non-hydrogen) atoms. The lowest BCUT2D eigenvalue weighted by Crippen LogP contribution is -2.29. The zero-order valence-electron chi connectivity index (χ0n) is 10.8. The van der Waals surface area contributed by atoms with Crippen LogP contribution in [0.3, 0.4) is 0 Å². The molecule has 3 nitrogen and oxygen atoms in total. The van der Waals surface area contributed by atoms with Crippen molar-refractivity contribution >= 4 is 11.5 Å². The normalized spacial score (nSPS) is 15.1. The van der Waals surface area contributed by atoms with Gasteiger partial charge in [-0.15, -0.1) is 0 Å². The molecule has 0 spiro atoms. The van der Waals surface area contributed by atoms with Crippen molar-refractivity contribution in [2.45, 2.75) is 39.7 Å². The van der Waals surface area contributed by atoms with Gasteiger partial charge in [-0.3, -0.25) is 9.78 Å². The molecule has 1 saturated carbocycles. The maximum absolute atomic E-state index is 11.2. The van der Waals surface area contributed by atoms with E-state index in [-0.39, 0.29) is 5.78 Å². The molecule has 0 aliphatic heterocycles. The highest BCUT2D eigenvalue weighted by Crippen LogP contribution is 2.31. The van der Waals surface area contributed by atoms with Crippen LogP contribution in [0.2, 0.25) is 0 Å². The zero-order valence-corrected chi connectivity index (χ0v) is 10.8. The zero-order chi connectivity index (χ0) is 12.4. The number of Topliss-reactive ketones (excluding diaryl/α,β-unsaturated/α-hetero) is 1. The summed E-state index contributed by atoms with van der Waals surface area (Å²) in [5.41, 5.74) is 1.69. The fraction of sp³-hybridized carbons (Fsp3) is 0.571. The summed E-state index contributed by atoms with van der Waals surface area (Å²) in [6.45, 7) is 7.07. The van der Waals surface area contributed by atoms with Gasteiger partial charge in [-0.05, 0) is 30.9 Å². The summed E-state index contributed by atoms with van der Waals surface area (Å²) in [4.78, 5) is 17.8. The number of pyridine rings is 1. The molecular formula is C14H20N2O. The second-order valence-corrected chi connectivity index (χ2v) is 5.24. The Bertz CT molecular complexity index is 393. The first-order valence-corrected chi connectivity index (χ1v) is 6.31. The molecule has 92 valence electrons. The number of nitrogens with zero attached hydrogens (tertiary/aromatic N) is 2. The minimum absolute atomic E-state index is 0.0263. The molecule has 0 bridgehead atoms. The van der Waals surface area contributed by atoms with Crippen LogP contribution in [0.15, 0.2) is 18.3 Å². The highest BCUT2D eigenvalue weighted by atomic mass is 16.1. The average Bonchev–Trinajstić information content (AvgIpc) is 3.09. The lowest BCUT2D eigenvalue weighted by atomic mass is 10.2. The Balaban J connectivity index is 2.15. The van der Waals surface area contributed by atoms with Gasteiger partial charge in [-0.25, -0.2) is 0 Å². The van der Waals surface area contributed by atoms with E-state index in [1.807, 2.05) is 18.3 Å². The van der Waals surface area contributed by atoms with Crippen LogP contribution in [-0.4, -0.2) is 23.4 Å². The summed E-state index contributed by atoms with van der Waals surface area (Å²) in [5.74, 6) is 0.668. The van der Waals surface area contributed by atoms with Crippen molar-refractivity contribution in [1.82, 2.24) is 4.98 Å². The minimum atomic E-state index is 0.0263. The van der Waals surface area contributed by atoms with Crippen LogP contribution in [0.5, 0.6) is 0 Å². The van der Waals surface area contributed by atoms with Gasteiger partial charge in [-0.2, -0.15) is 0 Å². The number of rotatable bonds is 5. The topological polar surface area (TPSA) is 33.2 Å². The molecule has 1 aliphatic rings. The van der Waals surface area contributed by atoms with Crippen LogP contribution in [-0.2, 0) is 0 Å². The Labute approximate surface area is 103 Å². The second kappa shape index (κ2) is 4.86. The van der Waals surface area contributed by atoms with E-state index in [1.165, 1.54) is 12.8 Å². The van der Waals surface area contributed by atoms with E-state index >= 15 is 0 Å². The highest BCUT2D eigenvalue weighted by Gasteiger charge is 2.29. The Morgan fingerprint density at radius 1 is 1.47 bits per heavy atom. The Morgan fingerprint density at radius 2 is 2.18 bits per heavy atom. The van der Waals surface area contributed by atoms with Crippen LogP contribution in [0, 0.1) is 5.92 Å². The van der Waals surface area contributed by atoms with Gasteiger partial charge in [-0.1, -0.05) is 13.8 Å². The van der Waals surface area contributed by atoms with Gasteiger partial charge in [0.05, 0.1) is 11.9 Å². The number of hydrogen-bond acceptors (Lipinski definition) is 3. The first-order chi connectivity index (χ1) is 8.08. The van der Waals surface area contributed by atoms with Crippen molar-refractivity contribution in [3.8, 4) is 0 Å². The quantitative estimate of drug-likeness (QED) is 0.732. The van der Waals surface area contributed by atoms with E-state index < -0.39 is 0 Å². The van der Waals surface area contributed by atoms with Gasteiger partial charge in [0.15, 0.2) is 5.78 Å². The highest BCUT2D eigenvalue weighted by molar-refractivity contribution is 5.92. The molecular weight excluding hydrogens is 212 g/mol. The third kappa shape index (κ3) is 3.05. The van der Waals surface area contributed by atoms with Crippen LogP contribution in [0.1, 0.15) is 44.1 Å². The molecule has 1 aromatic rings. The van der Waals surface area contributed by atoms with Crippen molar-refractivity contribution in [2.24, 2.45) is 5.92 Å². The number of anilines is 1. The number of ketones is 1. The van der Waals surface area contributed by atoms with Crippen LogP contribution in [0.25, 0.3) is 0 Å². The lowest BCUT2D eigenvalue weighted by molar-refractivity contribution is 0.101. The van der Waals surface area contributed by atoms with Gasteiger partial charge in [0.2, 0.25) is 0 Å². The van der Waals surface area contributed by atoms with Crippen molar-refractivity contribution in [3.63, 3.8) is 0 Å². The standard InChI is InChI=1S/C14H20N2O/c1-10(2)9-16(12-4-5-12)13-6-7-14(11(3)17)15-8-13/h6-8,10,12H,4-5,9H2,1-3H3. The van der Waals surface area contributed by atoms with Gasteiger partial charge < -0.3 is 4.90 Å². The second-order valence-electron chi connectivity index (χ2n) is 5.24. The third-order valence-electron chi connectivity index (χ3n) is 2.99. The Kier molecular flexibility index (Phi) is 3.46. The maximum Gasteiger partial charge on any atom is 0.178 e. The maximum atomic E-state index is 11.2. The van der Waals surface area contributed by atoms with Gasteiger partial charge in [0, 0.05) is 19.5 Å². The first-order valence-electron chi connectivity index (χ1n) is 6.31. The third-order valence-corrected chi connectivity index (χ3v) is 2.99. The van der Waals surface area contributed by atoms with E-state index in [2.05, 4.69) is 23.7 Å². The predicted molar refractivity (Wildman–Crippen MR) is 69.4 cm³/mol. The number of carbonyl (C=O) groups is 1. The number of carbonyl (C=O) groups excluding carboxylic acids is 1. The smallest absolute Gasteiger partial charge is 0.178 e. The van der Waals surface area contributed by atoms with Gasteiger partial charge in [0.1, 0.15) is 5.69 Å². The number of aromatic nitrogens is 1. The molecule has 0 aromatic carbocycles. The lowest BCUT2D eigenvalue weighted by Gasteiger charge is -2.26. The SMILES string of the molecule is CC(=O)c1ccc(N(CC(C)C)C2CC2)cn1. The summed E-state index contributed by atoms with van der Waals surface area (Å²) in [6.07, 6.45) is 4.39. The van der Waals surface area contributed by atoms with Crippen molar-refractivity contribution in [3.05, 3.63) is 24.0 Å². The molecule has 2 rings (SSSR count). The van der Waals surface area contributed by atoms with Crippen molar-refractivity contribution in [2.75, 3.05) is 11.4 Å².